The molecule has 9 heteroatoms. The molecule has 1 saturated heterocycles. The fourth-order valence-electron chi connectivity index (χ4n) is 1.72. The second kappa shape index (κ2) is 7.51. The maximum atomic E-state index is 12.0. The standard InChI is InChI=1S/C11H16N4O3S.ClH/c1-7-3-9(14-18-7)13-10(16)4-15(2)11(17)8-5-19-6-12-8;/h3,8,12H,4-6H2,1-2H3,(H,13,14,16);1H. The van der Waals surface area contributed by atoms with Crippen LogP contribution < -0.4 is 10.6 Å². The minimum atomic E-state index is -0.296. The Labute approximate surface area is 127 Å². The Morgan fingerprint density at radius 3 is 2.95 bits per heavy atom. The molecular formula is C11H17ClN4O3S. The maximum Gasteiger partial charge on any atom is 0.245 e. The van der Waals surface area contributed by atoms with Crippen LogP contribution in [0.5, 0.6) is 0 Å². The molecule has 20 heavy (non-hydrogen) atoms. The fraction of sp³-hybridized carbons (Fsp3) is 0.545. The zero-order chi connectivity index (χ0) is 13.8. The number of hydrogen-bond acceptors (Lipinski definition) is 6. The summed E-state index contributed by atoms with van der Waals surface area (Å²) in [6, 6.07) is 1.42. The average Bonchev–Trinajstić information content (AvgIpc) is 2.99. The van der Waals surface area contributed by atoms with E-state index in [9.17, 15) is 9.59 Å². The lowest BCUT2D eigenvalue weighted by molar-refractivity contribution is -0.134. The molecule has 0 radical (unpaired) electrons. The number of thioether (sulfide) groups is 1. The van der Waals surface area contributed by atoms with Gasteiger partial charge in [-0.2, -0.15) is 0 Å². The summed E-state index contributed by atoms with van der Waals surface area (Å²) in [6.07, 6.45) is 0. The summed E-state index contributed by atoms with van der Waals surface area (Å²) in [5.41, 5.74) is 0. The molecule has 1 unspecified atom stereocenters. The van der Waals surface area contributed by atoms with Crippen LogP contribution in [0.15, 0.2) is 10.6 Å². The van der Waals surface area contributed by atoms with Gasteiger partial charge in [-0.1, -0.05) is 5.16 Å². The van der Waals surface area contributed by atoms with E-state index in [0.717, 1.165) is 11.6 Å². The van der Waals surface area contributed by atoms with Gasteiger partial charge in [0.15, 0.2) is 5.82 Å². The van der Waals surface area contributed by atoms with Gasteiger partial charge in [-0.15, -0.1) is 24.2 Å². The minimum absolute atomic E-state index is 0. The van der Waals surface area contributed by atoms with E-state index in [1.807, 2.05) is 0 Å². The summed E-state index contributed by atoms with van der Waals surface area (Å²) < 4.78 is 4.84. The monoisotopic (exact) mass is 320 g/mol. The van der Waals surface area contributed by atoms with Gasteiger partial charge in [-0.25, -0.2) is 0 Å². The summed E-state index contributed by atoms with van der Waals surface area (Å²) in [7, 11) is 1.61. The zero-order valence-corrected chi connectivity index (χ0v) is 12.8. The number of aryl methyl sites for hydroxylation is 1. The van der Waals surface area contributed by atoms with E-state index in [1.54, 1.807) is 31.8 Å². The van der Waals surface area contributed by atoms with Crippen molar-refractivity contribution in [2.45, 2.75) is 13.0 Å². The molecule has 1 aromatic heterocycles. The molecule has 1 aliphatic rings. The van der Waals surface area contributed by atoms with Crippen molar-refractivity contribution in [3.63, 3.8) is 0 Å². The lowest BCUT2D eigenvalue weighted by atomic mass is 10.3. The number of halogens is 1. The van der Waals surface area contributed by atoms with E-state index >= 15 is 0 Å². The number of carbonyl (C=O) groups is 2. The van der Waals surface area contributed by atoms with Crippen molar-refractivity contribution in [1.82, 2.24) is 15.4 Å². The molecule has 0 aliphatic carbocycles. The van der Waals surface area contributed by atoms with Crippen molar-refractivity contribution < 1.29 is 14.1 Å². The Morgan fingerprint density at radius 1 is 1.65 bits per heavy atom. The van der Waals surface area contributed by atoms with Crippen molar-refractivity contribution in [3.8, 4) is 0 Å². The zero-order valence-electron chi connectivity index (χ0n) is 11.2. The Morgan fingerprint density at radius 2 is 2.40 bits per heavy atom. The van der Waals surface area contributed by atoms with Gasteiger partial charge in [0.1, 0.15) is 5.76 Å². The first-order chi connectivity index (χ1) is 9.06. The lowest BCUT2D eigenvalue weighted by Gasteiger charge is -2.19. The van der Waals surface area contributed by atoms with Crippen LogP contribution in [0.3, 0.4) is 0 Å². The first-order valence-electron chi connectivity index (χ1n) is 5.85. The molecule has 0 saturated carbocycles. The third-order valence-corrected chi connectivity index (χ3v) is 3.61. The first kappa shape index (κ1) is 16.8. The number of likely N-dealkylation sites (N-methyl/N-ethyl adjacent to an activating group) is 1. The average molecular weight is 321 g/mol. The first-order valence-corrected chi connectivity index (χ1v) is 7.01. The van der Waals surface area contributed by atoms with Crippen LogP contribution in [-0.2, 0) is 9.59 Å². The molecule has 0 bridgehead atoms. The number of nitrogens with one attached hydrogen (secondary N) is 2. The van der Waals surface area contributed by atoms with Crippen LogP contribution in [-0.4, -0.2) is 53.1 Å². The highest BCUT2D eigenvalue weighted by Crippen LogP contribution is 2.11. The maximum absolute atomic E-state index is 12.0. The number of hydrogen-bond donors (Lipinski definition) is 2. The fourth-order valence-corrected chi connectivity index (χ4v) is 2.65. The highest BCUT2D eigenvalue weighted by atomic mass is 35.5. The molecule has 0 aromatic carbocycles. The molecule has 2 heterocycles. The van der Waals surface area contributed by atoms with Crippen molar-refractivity contribution in [3.05, 3.63) is 11.8 Å². The summed E-state index contributed by atoms with van der Waals surface area (Å²) in [5.74, 6) is 2.12. The van der Waals surface area contributed by atoms with E-state index in [0.29, 0.717) is 11.6 Å². The summed E-state index contributed by atoms with van der Waals surface area (Å²) in [5, 5.41) is 9.31. The van der Waals surface area contributed by atoms with E-state index < -0.39 is 0 Å². The predicted molar refractivity (Wildman–Crippen MR) is 79.0 cm³/mol. The van der Waals surface area contributed by atoms with E-state index in [4.69, 9.17) is 4.52 Å². The van der Waals surface area contributed by atoms with Crippen LogP contribution >= 0.6 is 24.2 Å². The van der Waals surface area contributed by atoms with Gasteiger partial charge in [0.2, 0.25) is 11.8 Å². The van der Waals surface area contributed by atoms with Gasteiger partial charge >= 0.3 is 0 Å². The lowest BCUT2D eigenvalue weighted by Crippen LogP contribution is -2.45. The van der Waals surface area contributed by atoms with E-state index in [1.165, 1.54) is 4.90 Å². The van der Waals surface area contributed by atoms with Gasteiger partial charge in [-0.05, 0) is 6.92 Å². The predicted octanol–water partition coefficient (Wildman–Crippen LogP) is 0.464. The molecule has 2 rings (SSSR count). The number of nitrogens with zero attached hydrogens (tertiary/aromatic N) is 2. The number of rotatable bonds is 4. The number of carbonyl (C=O) groups excluding carboxylic acids is 2. The topological polar surface area (TPSA) is 87.5 Å². The Hall–Kier alpha value is -1.25. The molecule has 112 valence electrons. The molecule has 7 nitrogen and oxygen atoms in total. The second-order valence-corrected chi connectivity index (χ2v) is 5.37. The van der Waals surface area contributed by atoms with Gasteiger partial charge in [-0.3, -0.25) is 14.9 Å². The number of anilines is 1. The van der Waals surface area contributed by atoms with Gasteiger partial charge in [0.05, 0.1) is 12.6 Å². The van der Waals surface area contributed by atoms with Crippen molar-refractivity contribution in [1.29, 1.82) is 0 Å². The van der Waals surface area contributed by atoms with Crippen molar-refractivity contribution in [2.24, 2.45) is 0 Å². The number of amides is 2. The molecule has 1 atom stereocenters. The van der Waals surface area contributed by atoms with Crippen LogP contribution in [0, 0.1) is 6.92 Å². The summed E-state index contributed by atoms with van der Waals surface area (Å²) in [6.45, 7) is 1.73. The van der Waals surface area contributed by atoms with Gasteiger partial charge < -0.3 is 14.7 Å². The van der Waals surface area contributed by atoms with Crippen molar-refractivity contribution >= 4 is 41.8 Å². The van der Waals surface area contributed by atoms with Crippen LogP contribution in [0.1, 0.15) is 5.76 Å². The molecular weight excluding hydrogens is 304 g/mol. The third-order valence-electron chi connectivity index (χ3n) is 2.67. The molecule has 1 fully saturated rings. The molecule has 2 N–H and O–H groups in total. The Bertz CT molecular complexity index is 476. The molecule has 1 aliphatic heterocycles. The van der Waals surface area contributed by atoms with Crippen LogP contribution in [0.2, 0.25) is 0 Å². The summed E-state index contributed by atoms with van der Waals surface area (Å²) in [4.78, 5) is 25.1. The molecule has 1 aromatic rings. The molecule has 0 spiro atoms. The summed E-state index contributed by atoms with van der Waals surface area (Å²) >= 11 is 1.67. The highest BCUT2D eigenvalue weighted by molar-refractivity contribution is 7.99. The van der Waals surface area contributed by atoms with Crippen molar-refractivity contribution in [2.75, 3.05) is 30.5 Å². The highest BCUT2D eigenvalue weighted by Gasteiger charge is 2.26. The Kier molecular flexibility index (Phi) is 6.31. The van der Waals surface area contributed by atoms with Gasteiger partial charge in [0.25, 0.3) is 0 Å². The van der Waals surface area contributed by atoms with E-state index in [-0.39, 0.29) is 36.8 Å². The SMILES string of the molecule is Cc1cc(NC(=O)CN(C)C(=O)C2CSCN2)no1.Cl. The minimum Gasteiger partial charge on any atom is -0.360 e. The van der Waals surface area contributed by atoms with Gasteiger partial charge in [0, 0.05) is 24.7 Å². The third kappa shape index (κ3) is 4.39. The smallest absolute Gasteiger partial charge is 0.245 e. The van der Waals surface area contributed by atoms with Crippen LogP contribution in [0.4, 0.5) is 5.82 Å². The Balaban J connectivity index is 0.00000200. The number of aromatic nitrogens is 1. The second-order valence-electron chi connectivity index (χ2n) is 4.34. The largest absolute Gasteiger partial charge is 0.360 e. The normalized spacial score (nSPS) is 17.4. The quantitative estimate of drug-likeness (QED) is 0.838. The molecule has 2 amide bonds. The van der Waals surface area contributed by atoms with Crippen LogP contribution in [0.25, 0.3) is 0 Å². The van der Waals surface area contributed by atoms with E-state index in [2.05, 4.69) is 15.8 Å².